The topological polar surface area (TPSA) is 56.0 Å². The predicted octanol–water partition coefficient (Wildman–Crippen LogP) is 0.565. The first-order valence-electron chi connectivity index (χ1n) is 4.69. The van der Waals surface area contributed by atoms with Gasteiger partial charge >= 0.3 is 0 Å². The maximum Gasteiger partial charge on any atom is 0.0991 e. The molecule has 72 valence electrons. The van der Waals surface area contributed by atoms with Gasteiger partial charge in [0.25, 0.3) is 0 Å². The summed E-state index contributed by atoms with van der Waals surface area (Å²) in [5, 5.41) is 21.0. The molecule has 3 heteroatoms. The molecule has 0 amide bonds. The van der Waals surface area contributed by atoms with Gasteiger partial charge in [0.05, 0.1) is 18.2 Å². The third kappa shape index (κ3) is 1.63. The Morgan fingerprint density at radius 3 is 3.07 bits per heavy atom. The Kier molecular flexibility index (Phi) is 2.49. The molecule has 0 radical (unpaired) electrons. The number of rotatable bonds is 1. The van der Waals surface area contributed by atoms with Gasteiger partial charge in [0, 0.05) is 12.6 Å². The van der Waals surface area contributed by atoms with Gasteiger partial charge in [-0.2, -0.15) is 5.26 Å². The molecule has 0 bridgehead atoms. The predicted molar refractivity (Wildman–Crippen MR) is 52.6 cm³/mol. The number of nitrogens with zero attached hydrogens (tertiary/aromatic N) is 1. The van der Waals surface area contributed by atoms with Gasteiger partial charge in [0.15, 0.2) is 0 Å². The first-order chi connectivity index (χ1) is 6.83. The van der Waals surface area contributed by atoms with Gasteiger partial charge < -0.3 is 10.4 Å². The van der Waals surface area contributed by atoms with Crippen LogP contribution in [0.1, 0.15) is 16.7 Å². The average Bonchev–Trinajstić information content (AvgIpc) is 2.27. The fourth-order valence-electron chi connectivity index (χ4n) is 1.78. The van der Waals surface area contributed by atoms with E-state index in [1.807, 2.05) is 18.2 Å². The largest absolute Gasteiger partial charge is 0.395 e. The molecule has 1 heterocycles. The number of aliphatic hydroxyl groups excluding tert-OH is 1. The molecule has 0 saturated carbocycles. The van der Waals surface area contributed by atoms with Gasteiger partial charge in [0.1, 0.15) is 0 Å². The van der Waals surface area contributed by atoms with Crippen LogP contribution in [-0.2, 0) is 13.0 Å². The zero-order valence-corrected chi connectivity index (χ0v) is 7.83. The second-order valence-corrected chi connectivity index (χ2v) is 3.56. The van der Waals surface area contributed by atoms with Crippen molar-refractivity contribution in [1.29, 1.82) is 5.26 Å². The molecule has 1 aromatic carbocycles. The standard InChI is InChI=1S/C11H12N2O/c12-5-8-1-2-9-6-13-11(7-14)4-10(9)3-8/h1-3,11,13-14H,4,6-7H2/t11-/m0/s1. The van der Waals surface area contributed by atoms with Crippen molar-refractivity contribution in [1.82, 2.24) is 5.32 Å². The third-order valence-corrected chi connectivity index (χ3v) is 2.60. The molecule has 0 fully saturated rings. The molecule has 2 N–H and O–H groups in total. The Bertz CT molecular complexity index is 381. The van der Waals surface area contributed by atoms with E-state index in [-0.39, 0.29) is 12.6 Å². The molecule has 0 aliphatic carbocycles. The van der Waals surface area contributed by atoms with Crippen molar-refractivity contribution in [2.75, 3.05) is 6.61 Å². The Labute approximate surface area is 83.0 Å². The fraction of sp³-hybridized carbons (Fsp3) is 0.364. The maximum atomic E-state index is 9.02. The van der Waals surface area contributed by atoms with Gasteiger partial charge in [-0.15, -0.1) is 0 Å². The van der Waals surface area contributed by atoms with Crippen LogP contribution >= 0.6 is 0 Å². The summed E-state index contributed by atoms with van der Waals surface area (Å²) in [6.07, 6.45) is 0.807. The zero-order chi connectivity index (χ0) is 9.97. The van der Waals surface area contributed by atoms with Crippen LogP contribution < -0.4 is 5.32 Å². The average molecular weight is 188 g/mol. The minimum Gasteiger partial charge on any atom is -0.395 e. The van der Waals surface area contributed by atoms with Crippen molar-refractivity contribution in [2.24, 2.45) is 0 Å². The monoisotopic (exact) mass is 188 g/mol. The SMILES string of the molecule is N#Cc1ccc2c(c1)C[C@@H](CO)NC2. The van der Waals surface area contributed by atoms with E-state index in [0.29, 0.717) is 5.56 Å². The summed E-state index contributed by atoms with van der Waals surface area (Å²) < 4.78 is 0. The number of hydrogen-bond acceptors (Lipinski definition) is 3. The van der Waals surface area contributed by atoms with Crippen molar-refractivity contribution in [3.63, 3.8) is 0 Å². The summed E-state index contributed by atoms with van der Waals surface area (Å²) in [6.45, 7) is 0.933. The zero-order valence-electron chi connectivity index (χ0n) is 7.83. The lowest BCUT2D eigenvalue weighted by Crippen LogP contribution is -2.38. The van der Waals surface area contributed by atoms with Crippen molar-refractivity contribution in [2.45, 2.75) is 19.0 Å². The van der Waals surface area contributed by atoms with Crippen LogP contribution in [0.3, 0.4) is 0 Å². The lowest BCUT2D eigenvalue weighted by Gasteiger charge is -2.24. The second-order valence-electron chi connectivity index (χ2n) is 3.56. The number of nitrogens with one attached hydrogen (secondary N) is 1. The molecular formula is C11H12N2O. The van der Waals surface area contributed by atoms with E-state index < -0.39 is 0 Å². The maximum absolute atomic E-state index is 9.02. The molecule has 2 rings (SSSR count). The van der Waals surface area contributed by atoms with E-state index in [0.717, 1.165) is 13.0 Å². The molecule has 1 aliphatic rings. The molecule has 1 atom stereocenters. The summed E-state index contributed by atoms with van der Waals surface area (Å²) >= 11 is 0. The summed E-state index contributed by atoms with van der Waals surface area (Å²) in [7, 11) is 0. The highest BCUT2D eigenvalue weighted by Crippen LogP contribution is 2.17. The summed E-state index contributed by atoms with van der Waals surface area (Å²) in [5.74, 6) is 0. The Morgan fingerprint density at radius 2 is 2.36 bits per heavy atom. The minimum atomic E-state index is 0.136. The van der Waals surface area contributed by atoms with Gasteiger partial charge in [-0.05, 0) is 29.7 Å². The molecule has 0 spiro atoms. The number of hydrogen-bond donors (Lipinski definition) is 2. The van der Waals surface area contributed by atoms with Crippen LogP contribution in [0.15, 0.2) is 18.2 Å². The van der Waals surface area contributed by atoms with Crippen LogP contribution in [0.5, 0.6) is 0 Å². The minimum absolute atomic E-state index is 0.136. The Balaban J connectivity index is 2.31. The van der Waals surface area contributed by atoms with Gasteiger partial charge in [-0.1, -0.05) is 6.07 Å². The first kappa shape index (κ1) is 9.20. The number of benzene rings is 1. The van der Waals surface area contributed by atoms with Crippen molar-refractivity contribution < 1.29 is 5.11 Å². The van der Waals surface area contributed by atoms with E-state index in [1.165, 1.54) is 11.1 Å². The summed E-state index contributed by atoms with van der Waals surface area (Å²) in [6, 6.07) is 7.99. The number of nitriles is 1. The van der Waals surface area contributed by atoms with Crippen LogP contribution in [0.25, 0.3) is 0 Å². The highest BCUT2D eigenvalue weighted by molar-refractivity contribution is 5.39. The number of fused-ring (bicyclic) bond motifs is 1. The molecule has 1 aliphatic heterocycles. The smallest absolute Gasteiger partial charge is 0.0991 e. The van der Waals surface area contributed by atoms with Crippen molar-refractivity contribution in [3.8, 4) is 6.07 Å². The second kappa shape index (κ2) is 3.79. The van der Waals surface area contributed by atoms with Crippen LogP contribution in [-0.4, -0.2) is 17.8 Å². The number of aliphatic hydroxyl groups is 1. The Morgan fingerprint density at radius 1 is 1.50 bits per heavy atom. The molecule has 0 aromatic heterocycles. The van der Waals surface area contributed by atoms with E-state index in [1.54, 1.807) is 0 Å². The lowest BCUT2D eigenvalue weighted by molar-refractivity contribution is 0.236. The van der Waals surface area contributed by atoms with Crippen LogP contribution in [0.4, 0.5) is 0 Å². The highest BCUT2D eigenvalue weighted by Gasteiger charge is 2.16. The van der Waals surface area contributed by atoms with E-state index in [9.17, 15) is 0 Å². The summed E-state index contributed by atoms with van der Waals surface area (Å²) in [5.41, 5.74) is 3.11. The Hall–Kier alpha value is -1.37. The van der Waals surface area contributed by atoms with Crippen molar-refractivity contribution >= 4 is 0 Å². The van der Waals surface area contributed by atoms with Crippen LogP contribution in [0.2, 0.25) is 0 Å². The lowest BCUT2D eigenvalue weighted by atomic mass is 9.94. The van der Waals surface area contributed by atoms with Crippen molar-refractivity contribution in [3.05, 3.63) is 34.9 Å². The van der Waals surface area contributed by atoms with Gasteiger partial charge in [-0.25, -0.2) is 0 Å². The molecular weight excluding hydrogens is 176 g/mol. The van der Waals surface area contributed by atoms with Crippen LogP contribution in [0, 0.1) is 11.3 Å². The quantitative estimate of drug-likeness (QED) is 0.677. The molecule has 0 saturated heterocycles. The van der Waals surface area contributed by atoms with E-state index in [4.69, 9.17) is 10.4 Å². The fourth-order valence-corrected chi connectivity index (χ4v) is 1.78. The van der Waals surface area contributed by atoms with Gasteiger partial charge in [-0.3, -0.25) is 0 Å². The molecule has 1 aromatic rings. The van der Waals surface area contributed by atoms with E-state index >= 15 is 0 Å². The molecule has 3 nitrogen and oxygen atoms in total. The molecule has 14 heavy (non-hydrogen) atoms. The first-order valence-corrected chi connectivity index (χ1v) is 4.69. The third-order valence-electron chi connectivity index (χ3n) is 2.60. The molecule has 0 unspecified atom stereocenters. The summed E-state index contributed by atoms with van der Waals surface area (Å²) in [4.78, 5) is 0. The van der Waals surface area contributed by atoms with Gasteiger partial charge in [0.2, 0.25) is 0 Å². The van der Waals surface area contributed by atoms with E-state index in [2.05, 4.69) is 11.4 Å². The highest BCUT2D eigenvalue weighted by atomic mass is 16.3. The normalized spacial score (nSPS) is 19.9.